The largest absolute Gasteiger partial charge is 0.297 e. The zero-order chi connectivity index (χ0) is 20.7. The molecule has 0 aliphatic heterocycles. The molecule has 1 unspecified atom stereocenters. The van der Waals surface area contributed by atoms with Crippen LogP contribution >= 0.6 is 0 Å². The maximum Gasteiger partial charge on any atom is 0.159 e. The molecular weight excluding hydrogens is 354 g/mol. The molecular formula is C24H30F2N2. The highest BCUT2D eigenvalue weighted by molar-refractivity contribution is 5.34. The molecule has 0 fully saturated rings. The first-order chi connectivity index (χ1) is 13.3. The standard InChI is InChI=1S/C24H30F2N2/c1-18(2)24(17-27,21-11-12-22(25)23(26)15-21)13-8-14-28(19(3)4)16-20-9-6-5-7-10-20/h5-7,9-12,15,18-19H,8,13-14,16H2,1-4H3. The van der Waals surface area contributed by atoms with Crippen molar-refractivity contribution in [1.82, 2.24) is 4.90 Å². The predicted octanol–water partition coefficient (Wildman–Crippen LogP) is 6.07. The molecule has 0 heterocycles. The number of nitrogens with zero attached hydrogens (tertiary/aromatic N) is 2. The van der Waals surface area contributed by atoms with Crippen LogP contribution in [-0.4, -0.2) is 17.5 Å². The summed E-state index contributed by atoms with van der Waals surface area (Å²) in [6.45, 7) is 9.96. The van der Waals surface area contributed by atoms with Crippen LogP contribution in [0.5, 0.6) is 0 Å². The summed E-state index contributed by atoms with van der Waals surface area (Å²) in [5.74, 6) is -1.79. The monoisotopic (exact) mass is 384 g/mol. The van der Waals surface area contributed by atoms with Gasteiger partial charge in [0.25, 0.3) is 0 Å². The second-order valence-electron chi connectivity index (χ2n) is 8.02. The van der Waals surface area contributed by atoms with Crippen molar-refractivity contribution >= 4 is 0 Å². The molecule has 0 radical (unpaired) electrons. The molecule has 28 heavy (non-hydrogen) atoms. The van der Waals surface area contributed by atoms with Crippen molar-refractivity contribution in [2.45, 2.75) is 58.5 Å². The highest BCUT2D eigenvalue weighted by Gasteiger charge is 2.36. The maximum atomic E-state index is 13.8. The smallest absolute Gasteiger partial charge is 0.159 e. The van der Waals surface area contributed by atoms with Gasteiger partial charge in [-0.05, 0) is 62.4 Å². The Hall–Kier alpha value is -2.25. The molecule has 0 saturated carbocycles. The molecule has 1 atom stereocenters. The fourth-order valence-electron chi connectivity index (χ4n) is 3.69. The Bertz CT molecular complexity index is 796. The molecule has 2 aromatic rings. The summed E-state index contributed by atoms with van der Waals surface area (Å²) in [5, 5.41) is 9.99. The number of hydrogen-bond acceptors (Lipinski definition) is 2. The predicted molar refractivity (Wildman–Crippen MR) is 110 cm³/mol. The first kappa shape index (κ1) is 22.0. The normalized spacial score (nSPS) is 13.7. The molecule has 0 N–H and O–H groups in total. The SMILES string of the molecule is CC(C)N(CCCC(C#N)(c1ccc(F)c(F)c1)C(C)C)Cc1ccccc1. The van der Waals surface area contributed by atoms with Gasteiger partial charge in [-0.25, -0.2) is 8.78 Å². The molecule has 0 aliphatic rings. The minimum absolute atomic E-state index is 0.0102. The molecule has 0 saturated heterocycles. The lowest BCUT2D eigenvalue weighted by atomic mass is 9.70. The van der Waals surface area contributed by atoms with Crippen molar-refractivity contribution < 1.29 is 8.78 Å². The van der Waals surface area contributed by atoms with Crippen LogP contribution in [0.4, 0.5) is 8.78 Å². The zero-order valence-corrected chi connectivity index (χ0v) is 17.3. The molecule has 2 aromatic carbocycles. The topological polar surface area (TPSA) is 27.0 Å². The van der Waals surface area contributed by atoms with Crippen molar-refractivity contribution in [3.63, 3.8) is 0 Å². The van der Waals surface area contributed by atoms with Crippen LogP contribution in [0.25, 0.3) is 0 Å². The van der Waals surface area contributed by atoms with E-state index in [1.807, 2.05) is 32.0 Å². The minimum atomic E-state index is -0.898. The lowest BCUT2D eigenvalue weighted by molar-refractivity contribution is 0.199. The van der Waals surface area contributed by atoms with E-state index in [1.165, 1.54) is 11.6 Å². The Balaban J connectivity index is 2.14. The molecule has 0 aromatic heterocycles. The third-order valence-corrected chi connectivity index (χ3v) is 5.60. The van der Waals surface area contributed by atoms with Gasteiger partial charge in [-0.15, -0.1) is 0 Å². The lowest BCUT2D eigenvalue weighted by Gasteiger charge is -2.33. The number of nitriles is 1. The third kappa shape index (κ3) is 5.17. The van der Waals surface area contributed by atoms with Crippen LogP contribution in [0.15, 0.2) is 48.5 Å². The van der Waals surface area contributed by atoms with E-state index in [-0.39, 0.29) is 5.92 Å². The van der Waals surface area contributed by atoms with Crippen molar-refractivity contribution in [2.75, 3.05) is 6.54 Å². The van der Waals surface area contributed by atoms with Gasteiger partial charge in [-0.3, -0.25) is 4.90 Å². The van der Waals surface area contributed by atoms with E-state index < -0.39 is 17.0 Å². The highest BCUT2D eigenvalue weighted by Crippen LogP contribution is 2.37. The Labute approximate surface area is 167 Å². The van der Waals surface area contributed by atoms with Crippen molar-refractivity contribution in [3.8, 4) is 6.07 Å². The number of hydrogen-bond donors (Lipinski definition) is 0. The molecule has 0 amide bonds. The molecule has 2 rings (SSSR count). The van der Waals surface area contributed by atoms with Gasteiger partial charge in [0.2, 0.25) is 0 Å². The Morgan fingerprint density at radius 2 is 1.68 bits per heavy atom. The second kappa shape index (κ2) is 9.80. The molecule has 0 spiro atoms. The molecule has 4 heteroatoms. The lowest BCUT2D eigenvalue weighted by Crippen LogP contribution is -2.35. The second-order valence-corrected chi connectivity index (χ2v) is 8.02. The quantitative estimate of drug-likeness (QED) is 0.524. The van der Waals surface area contributed by atoms with E-state index in [0.29, 0.717) is 18.0 Å². The molecule has 0 bridgehead atoms. The summed E-state index contributed by atoms with van der Waals surface area (Å²) >= 11 is 0. The van der Waals surface area contributed by atoms with E-state index in [2.05, 4.69) is 36.9 Å². The van der Waals surface area contributed by atoms with E-state index in [4.69, 9.17) is 0 Å². The average molecular weight is 385 g/mol. The Kier molecular flexibility index (Phi) is 7.71. The van der Waals surface area contributed by atoms with Gasteiger partial charge in [0.1, 0.15) is 0 Å². The fraction of sp³-hybridized carbons (Fsp3) is 0.458. The van der Waals surface area contributed by atoms with Gasteiger partial charge in [-0.1, -0.05) is 50.2 Å². The van der Waals surface area contributed by atoms with Crippen LogP contribution in [0, 0.1) is 28.9 Å². The fourth-order valence-corrected chi connectivity index (χ4v) is 3.69. The van der Waals surface area contributed by atoms with Crippen molar-refractivity contribution in [2.24, 2.45) is 5.92 Å². The van der Waals surface area contributed by atoms with Crippen LogP contribution in [0.1, 0.15) is 51.7 Å². The molecule has 0 aliphatic carbocycles. The summed E-state index contributed by atoms with van der Waals surface area (Å²) < 4.78 is 27.2. The number of benzene rings is 2. The van der Waals surface area contributed by atoms with Crippen molar-refractivity contribution in [1.29, 1.82) is 5.26 Å². The van der Waals surface area contributed by atoms with Gasteiger partial charge >= 0.3 is 0 Å². The summed E-state index contributed by atoms with van der Waals surface area (Å²) in [4.78, 5) is 2.38. The number of halogens is 2. The van der Waals surface area contributed by atoms with E-state index in [1.54, 1.807) is 6.07 Å². The van der Waals surface area contributed by atoms with Gasteiger partial charge in [-0.2, -0.15) is 5.26 Å². The maximum absolute atomic E-state index is 13.8. The van der Waals surface area contributed by atoms with Crippen LogP contribution in [0.2, 0.25) is 0 Å². The summed E-state index contributed by atoms with van der Waals surface area (Å²) in [6, 6.07) is 17.0. The Morgan fingerprint density at radius 3 is 2.21 bits per heavy atom. The van der Waals surface area contributed by atoms with Crippen molar-refractivity contribution in [3.05, 3.63) is 71.3 Å². The van der Waals surface area contributed by atoms with E-state index in [0.717, 1.165) is 25.6 Å². The van der Waals surface area contributed by atoms with Gasteiger partial charge < -0.3 is 0 Å². The van der Waals surface area contributed by atoms with E-state index in [9.17, 15) is 14.0 Å². The van der Waals surface area contributed by atoms with Gasteiger partial charge in [0, 0.05) is 12.6 Å². The Morgan fingerprint density at radius 1 is 1.00 bits per heavy atom. The molecule has 150 valence electrons. The molecule has 2 nitrogen and oxygen atoms in total. The average Bonchev–Trinajstić information content (AvgIpc) is 2.67. The van der Waals surface area contributed by atoms with E-state index >= 15 is 0 Å². The third-order valence-electron chi connectivity index (χ3n) is 5.60. The zero-order valence-electron chi connectivity index (χ0n) is 17.3. The summed E-state index contributed by atoms with van der Waals surface area (Å²) in [7, 11) is 0. The van der Waals surface area contributed by atoms with Crippen LogP contribution in [0.3, 0.4) is 0 Å². The van der Waals surface area contributed by atoms with Gasteiger partial charge in [0.05, 0.1) is 11.5 Å². The van der Waals surface area contributed by atoms with Gasteiger partial charge in [0.15, 0.2) is 11.6 Å². The summed E-state index contributed by atoms with van der Waals surface area (Å²) in [5.41, 5.74) is 0.986. The highest BCUT2D eigenvalue weighted by atomic mass is 19.2. The minimum Gasteiger partial charge on any atom is -0.297 e. The first-order valence-corrected chi connectivity index (χ1v) is 9.95. The van der Waals surface area contributed by atoms with Crippen LogP contribution < -0.4 is 0 Å². The summed E-state index contributed by atoms with van der Waals surface area (Å²) in [6.07, 6.45) is 1.40. The first-order valence-electron chi connectivity index (χ1n) is 9.95. The number of rotatable bonds is 9. The van der Waals surface area contributed by atoms with Crippen LogP contribution in [-0.2, 0) is 12.0 Å².